The molecule has 0 saturated carbocycles. The quantitative estimate of drug-likeness (QED) is 0.685. The number of nitrogens with two attached hydrogens (primary N) is 1. The maximum Gasteiger partial charge on any atom is 0.252 e. The average molecular weight is 379 g/mol. The van der Waals surface area contributed by atoms with Crippen molar-refractivity contribution >= 4 is 22.7 Å². The van der Waals surface area contributed by atoms with Crippen LogP contribution in [0.5, 0.6) is 0 Å². The molecule has 0 spiro atoms. The molecule has 6 heteroatoms. The zero-order valence-corrected chi connectivity index (χ0v) is 15.8. The molecule has 0 aliphatic carbocycles. The van der Waals surface area contributed by atoms with Gasteiger partial charge in [0.2, 0.25) is 5.91 Å². The number of pyridine rings is 1. The third-order valence-corrected chi connectivity index (χ3v) is 4.89. The second kappa shape index (κ2) is 8.17. The molecule has 1 heterocycles. The van der Waals surface area contributed by atoms with Gasteiger partial charge in [0.1, 0.15) is 11.9 Å². The fourth-order valence-electron chi connectivity index (χ4n) is 3.09. The van der Waals surface area contributed by atoms with Gasteiger partial charge in [-0.3, -0.25) is 9.59 Å². The van der Waals surface area contributed by atoms with E-state index in [9.17, 15) is 14.0 Å². The van der Waals surface area contributed by atoms with Crippen LogP contribution in [0.15, 0.2) is 54.6 Å². The number of carbonyl (C=O) groups excluding carboxylic acids is 2. The van der Waals surface area contributed by atoms with Gasteiger partial charge in [0.05, 0.1) is 16.8 Å². The lowest BCUT2D eigenvalue weighted by molar-refractivity contribution is -0.120. The molecular weight excluding hydrogens is 357 g/mol. The highest BCUT2D eigenvalue weighted by atomic mass is 19.1. The van der Waals surface area contributed by atoms with Gasteiger partial charge < -0.3 is 11.1 Å². The molecule has 0 bridgehead atoms. The summed E-state index contributed by atoms with van der Waals surface area (Å²) >= 11 is 0. The molecule has 1 aromatic heterocycles. The van der Waals surface area contributed by atoms with Crippen LogP contribution in [0, 0.1) is 11.7 Å². The average Bonchev–Trinajstić information content (AvgIpc) is 2.70. The summed E-state index contributed by atoms with van der Waals surface area (Å²) in [5.41, 5.74) is 7.51. The SMILES string of the molecule is CCC(C)C(NC(=O)c1cc(-c2ccccc2)nc2cc(F)ccc12)C(N)=O. The van der Waals surface area contributed by atoms with Crippen LogP contribution in [-0.2, 0) is 4.79 Å². The monoisotopic (exact) mass is 379 g/mol. The summed E-state index contributed by atoms with van der Waals surface area (Å²) in [4.78, 5) is 29.3. The second-order valence-corrected chi connectivity index (χ2v) is 6.82. The molecular formula is C22H22FN3O2. The number of halogens is 1. The standard InChI is InChI=1S/C22H22FN3O2/c1-3-13(2)20(21(24)27)26-22(28)17-12-18(14-7-5-4-6-8-14)25-19-11-15(23)9-10-16(17)19/h4-13,20H,3H2,1-2H3,(H2,24,27)(H,26,28). The number of carbonyl (C=O) groups is 2. The fourth-order valence-corrected chi connectivity index (χ4v) is 3.09. The van der Waals surface area contributed by atoms with E-state index in [-0.39, 0.29) is 5.92 Å². The van der Waals surface area contributed by atoms with Crippen molar-refractivity contribution in [2.45, 2.75) is 26.3 Å². The summed E-state index contributed by atoms with van der Waals surface area (Å²) < 4.78 is 13.8. The van der Waals surface area contributed by atoms with Gasteiger partial charge in [-0.15, -0.1) is 0 Å². The van der Waals surface area contributed by atoms with Gasteiger partial charge in [-0.05, 0) is 24.1 Å². The number of fused-ring (bicyclic) bond motifs is 1. The first kappa shape index (κ1) is 19.5. The van der Waals surface area contributed by atoms with Gasteiger partial charge in [-0.1, -0.05) is 50.6 Å². The summed E-state index contributed by atoms with van der Waals surface area (Å²) in [6.07, 6.45) is 0.686. The van der Waals surface area contributed by atoms with E-state index in [0.29, 0.717) is 28.6 Å². The molecule has 0 radical (unpaired) electrons. The van der Waals surface area contributed by atoms with Gasteiger partial charge in [0.25, 0.3) is 5.91 Å². The molecule has 3 aromatic rings. The number of hydrogen-bond acceptors (Lipinski definition) is 3. The van der Waals surface area contributed by atoms with Gasteiger partial charge in [0, 0.05) is 17.0 Å². The molecule has 3 rings (SSSR count). The summed E-state index contributed by atoms with van der Waals surface area (Å²) in [6, 6.07) is 14.3. The van der Waals surface area contributed by atoms with E-state index in [4.69, 9.17) is 5.73 Å². The number of nitrogens with one attached hydrogen (secondary N) is 1. The Morgan fingerprint density at radius 2 is 1.86 bits per heavy atom. The van der Waals surface area contributed by atoms with Crippen molar-refractivity contribution in [3.8, 4) is 11.3 Å². The number of nitrogens with zero attached hydrogens (tertiary/aromatic N) is 1. The van der Waals surface area contributed by atoms with Gasteiger partial charge in [0.15, 0.2) is 0 Å². The Balaban J connectivity index is 2.10. The Morgan fingerprint density at radius 3 is 2.50 bits per heavy atom. The van der Waals surface area contributed by atoms with Crippen LogP contribution in [0.3, 0.4) is 0 Å². The van der Waals surface area contributed by atoms with E-state index >= 15 is 0 Å². The van der Waals surface area contributed by atoms with E-state index in [1.165, 1.54) is 18.2 Å². The number of hydrogen-bond donors (Lipinski definition) is 2. The minimum atomic E-state index is -0.790. The van der Waals surface area contributed by atoms with Crippen molar-refractivity contribution in [2.75, 3.05) is 0 Å². The van der Waals surface area contributed by atoms with E-state index in [1.54, 1.807) is 6.07 Å². The number of benzene rings is 2. The number of primary amides is 1. The lowest BCUT2D eigenvalue weighted by atomic mass is 9.97. The van der Waals surface area contributed by atoms with Crippen molar-refractivity contribution in [1.29, 1.82) is 0 Å². The summed E-state index contributed by atoms with van der Waals surface area (Å²) in [7, 11) is 0. The van der Waals surface area contributed by atoms with Crippen LogP contribution in [0.2, 0.25) is 0 Å². The Kier molecular flexibility index (Phi) is 5.68. The molecule has 2 aromatic carbocycles. The molecule has 5 nitrogen and oxygen atoms in total. The van der Waals surface area contributed by atoms with Crippen LogP contribution in [0.1, 0.15) is 30.6 Å². The van der Waals surface area contributed by atoms with E-state index in [0.717, 1.165) is 5.56 Å². The fraction of sp³-hybridized carbons (Fsp3) is 0.227. The van der Waals surface area contributed by atoms with Gasteiger partial charge >= 0.3 is 0 Å². The van der Waals surface area contributed by atoms with Crippen LogP contribution in [0.25, 0.3) is 22.2 Å². The first-order chi connectivity index (χ1) is 13.4. The van der Waals surface area contributed by atoms with Crippen LogP contribution < -0.4 is 11.1 Å². The topological polar surface area (TPSA) is 85.1 Å². The summed E-state index contributed by atoms with van der Waals surface area (Å²) in [5, 5.41) is 3.24. The maximum absolute atomic E-state index is 13.8. The molecule has 2 amide bonds. The van der Waals surface area contributed by atoms with Crippen molar-refractivity contribution < 1.29 is 14.0 Å². The third kappa shape index (κ3) is 4.01. The predicted molar refractivity (Wildman–Crippen MR) is 107 cm³/mol. The third-order valence-electron chi connectivity index (χ3n) is 4.89. The summed E-state index contributed by atoms with van der Waals surface area (Å²) in [5.74, 6) is -1.58. The number of amides is 2. The lowest BCUT2D eigenvalue weighted by Gasteiger charge is -2.21. The van der Waals surface area contributed by atoms with Gasteiger partial charge in [-0.25, -0.2) is 9.37 Å². The Bertz CT molecular complexity index is 1020. The summed E-state index contributed by atoms with van der Waals surface area (Å²) in [6.45, 7) is 3.77. The minimum absolute atomic E-state index is 0.111. The molecule has 2 unspecified atom stereocenters. The highest BCUT2D eigenvalue weighted by molar-refractivity contribution is 6.08. The number of aromatic nitrogens is 1. The smallest absolute Gasteiger partial charge is 0.252 e. The zero-order valence-electron chi connectivity index (χ0n) is 15.8. The van der Waals surface area contributed by atoms with Crippen LogP contribution in [0.4, 0.5) is 4.39 Å². The largest absolute Gasteiger partial charge is 0.368 e. The molecule has 0 aliphatic heterocycles. The molecule has 2 atom stereocenters. The van der Waals surface area contributed by atoms with Crippen molar-refractivity contribution in [3.05, 3.63) is 66.0 Å². The Hall–Kier alpha value is -3.28. The minimum Gasteiger partial charge on any atom is -0.368 e. The normalized spacial score (nSPS) is 13.1. The van der Waals surface area contributed by atoms with Gasteiger partial charge in [-0.2, -0.15) is 0 Å². The maximum atomic E-state index is 13.8. The Labute approximate surface area is 162 Å². The molecule has 0 fully saturated rings. The molecule has 28 heavy (non-hydrogen) atoms. The van der Waals surface area contributed by atoms with Crippen LogP contribution >= 0.6 is 0 Å². The van der Waals surface area contributed by atoms with Crippen molar-refractivity contribution in [3.63, 3.8) is 0 Å². The molecule has 0 aliphatic rings. The predicted octanol–water partition coefficient (Wildman–Crippen LogP) is 3.67. The molecule has 0 saturated heterocycles. The first-order valence-corrected chi connectivity index (χ1v) is 9.16. The highest BCUT2D eigenvalue weighted by Gasteiger charge is 2.25. The highest BCUT2D eigenvalue weighted by Crippen LogP contribution is 2.26. The molecule has 144 valence electrons. The number of rotatable bonds is 6. The van der Waals surface area contributed by atoms with Crippen molar-refractivity contribution in [2.24, 2.45) is 11.7 Å². The zero-order chi connectivity index (χ0) is 20.3. The first-order valence-electron chi connectivity index (χ1n) is 9.16. The lowest BCUT2D eigenvalue weighted by Crippen LogP contribution is -2.48. The molecule has 3 N–H and O–H groups in total. The van der Waals surface area contributed by atoms with Crippen molar-refractivity contribution in [1.82, 2.24) is 10.3 Å². The Morgan fingerprint density at radius 1 is 1.14 bits per heavy atom. The van der Waals surface area contributed by atoms with E-state index in [2.05, 4.69) is 10.3 Å². The second-order valence-electron chi connectivity index (χ2n) is 6.82. The van der Waals surface area contributed by atoms with Crippen LogP contribution in [-0.4, -0.2) is 22.8 Å². The van der Waals surface area contributed by atoms with E-state index in [1.807, 2.05) is 44.2 Å². The van der Waals surface area contributed by atoms with E-state index < -0.39 is 23.7 Å².